The molecule has 0 amide bonds. The molecule has 0 heterocycles. The lowest BCUT2D eigenvalue weighted by atomic mass is 10.0. The standard InChI is InChI=1S/C19H13BrF2O/c20-17-9-6-14(10-19(17)22)16-8-7-15(11-18(16)21)23-12-13-4-2-1-3-5-13/h1-11H,12H2. The Balaban J connectivity index is 1.79. The summed E-state index contributed by atoms with van der Waals surface area (Å²) >= 11 is 3.09. The van der Waals surface area contributed by atoms with Crippen molar-refractivity contribution >= 4 is 15.9 Å². The zero-order chi connectivity index (χ0) is 16.2. The van der Waals surface area contributed by atoms with Gasteiger partial charge in [-0.1, -0.05) is 36.4 Å². The third-order valence-electron chi connectivity index (χ3n) is 3.42. The maximum Gasteiger partial charge on any atom is 0.137 e. The van der Waals surface area contributed by atoms with Gasteiger partial charge in [-0.2, -0.15) is 0 Å². The molecule has 3 rings (SSSR count). The molecule has 3 aromatic carbocycles. The summed E-state index contributed by atoms with van der Waals surface area (Å²) < 4.78 is 33.8. The van der Waals surface area contributed by atoms with Crippen LogP contribution in [0, 0.1) is 11.6 Å². The molecule has 3 aromatic rings. The van der Waals surface area contributed by atoms with Gasteiger partial charge in [0.1, 0.15) is 24.0 Å². The van der Waals surface area contributed by atoms with E-state index in [4.69, 9.17) is 4.74 Å². The fourth-order valence-corrected chi connectivity index (χ4v) is 2.47. The van der Waals surface area contributed by atoms with E-state index in [1.54, 1.807) is 24.3 Å². The summed E-state index contributed by atoms with van der Waals surface area (Å²) in [6.07, 6.45) is 0. The van der Waals surface area contributed by atoms with Gasteiger partial charge in [-0.15, -0.1) is 0 Å². The van der Waals surface area contributed by atoms with Crippen LogP contribution in [0.15, 0.2) is 71.2 Å². The number of rotatable bonds is 4. The Morgan fingerprint density at radius 1 is 0.826 bits per heavy atom. The van der Waals surface area contributed by atoms with Gasteiger partial charge < -0.3 is 4.74 Å². The maximum atomic E-state index is 14.3. The molecule has 0 radical (unpaired) electrons. The summed E-state index contributed by atoms with van der Waals surface area (Å²) in [4.78, 5) is 0. The molecule has 0 saturated carbocycles. The smallest absolute Gasteiger partial charge is 0.137 e. The second kappa shape index (κ2) is 6.92. The molecule has 1 nitrogen and oxygen atoms in total. The summed E-state index contributed by atoms with van der Waals surface area (Å²) in [6, 6.07) is 18.8. The highest BCUT2D eigenvalue weighted by Gasteiger charge is 2.09. The van der Waals surface area contributed by atoms with E-state index in [2.05, 4.69) is 15.9 Å². The second-order valence-electron chi connectivity index (χ2n) is 5.04. The average Bonchev–Trinajstić information content (AvgIpc) is 2.57. The SMILES string of the molecule is Fc1cc(-c2ccc(OCc3ccccc3)cc2F)ccc1Br. The summed E-state index contributed by atoms with van der Waals surface area (Å²) in [5.74, 6) is -0.434. The van der Waals surface area contributed by atoms with Crippen molar-refractivity contribution < 1.29 is 13.5 Å². The lowest BCUT2D eigenvalue weighted by Crippen LogP contribution is -1.96. The largest absolute Gasteiger partial charge is 0.489 e. The molecule has 0 aliphatic heterocycles. The normalized spacial score (nSPS) is 10.6. The topological polar surface area (TPSA) is 9.23 Å². The predicted molar refractivity (Wildman–Crippen MR) is 90.3 cm³/mol. The first-order chi connectivity index (χ1) is 11.1. The lowest BCUT2D eigenvalue weighted by Gasteiger charge is -2.09. The first kappa shape index (κ1) is 15.7. The minimum absolute atomic E-state index is 0.337. The van der Waals surface area contributed by atoms with Crippen LogP contribution in [0.25, 0.3) is 11.1 Å². The van der Waals surface area contributed by atoms with Crippen molar-refractivity contribution in [2.45, 2.75) is 6.61 Å². The molecule has 0 fully saturated rings. The molecule has 0 atom stereocenters. The molecule has 23 heavy (non-hydrogen) atoms. The quantitative estimate of drug-likeness (QED) is 0.546. The van der Waals surface area contributed by atoms with Crippen molar-refractivity contribution in [1.29, 1.82) is 0 Å². The molecule has 0 aliphatic carbocycles. The van der Waals surface area contributed by atoms with E-state index in [-0.39, 0.29) is 0 Å². The van der Waals surface area contributed by atoms with Gasteiger partial charge in [-0.05, 0) is 51.3 Å². The summed E-state index contributed by atoms with van der Waals surface area (Å²) in [7, 11) is 0. The van der Waals surface area contributed by atoms with Crippen molar-refractivity contribution in [3.05, 3.63) is 88.4 Å². The van der Waals surface area contributed by atoms with Crippen LogP contribution < -0.4 is 4.74 Å². The molecule has 116 valence electrons. The Bertz CT molecular complexity index is 819. The Morgan fingerprint density at radius 2 is 1.61 bits per heavy atom. The summed E-state index contributed by atoms with van der Waals surface area (Å²) in [5, 5.41) is 0. The van der Waals surface area contributed by atoms with E-state index >= 15 is 0 Å². The summed E-state index contributed by atoms with van der Waals surface area (Å²) in [5.41, 5.74) is 1.83. The number of hydrogen-bond acceptors (Lipinski definition) is 1. The molecule has 0 aromatic heterocycles. The van der Waals surface area contributed by atoms with Crippen molar-refractivity contribution in [3.8, 4) is 16.9 Å². The Hall–Kier alpha value is -2.20. The van der Waals surface area contributed by atoms with E-state index in [0.29, 0.717) is 28.0 Å². The van der Waals surface area contributed by atoms with Crippen LogP contribution in [-0.4, -0.2) is 0 Å². The van der Waals surface area contributed by atoms with Crippen LogP contribution in [0.4, 0.5) is 8.78 Å². The van der Waals surface area contributed by atoms with Crippen LogP contribution in [0.5, 0.6) is 5.75 Å². The number of ether oxygens (including phenoxy) is 1. The van der Waals surface area contributed by atoms with Crippen LogP contribution in [0.3, 0.4) is 0 Å². The second-order valence-corrected chi connectivity index (χ2v) is 5.90. The van der Waals surface area contributed by atoms with E-state index in [0.717, 1.165) is 5.56 Å². The number of halogens is 3. The van der Waals surface area contributed by atoms with Gasteiger partial charge in [0.2, 0.25) is 0 Å². The van der Waals surface area contributed by atoms with E-state index < -0.39 is 11.6 Å². The van der Waals surface area contributed by atoms with Crippen molar-refractivity contribution in [3.63, 3.8) is 0 Å². The van der Waals surface area contributed by atoms with Gasteiger partial charge in [-0.3, -0.25) is 0 Å². The van der Waals surface area contributed by atoms with Crippen LogP contribution in [0.2, 0.25) is 0 Å². The Morgan fingerprint density at radius 3 is 2.30 bits per heavy atom. The van der Waals surface area contributed by atoms with Gasteiger partial charge in [-0.25, -0.2) is 8.78 Å². The molecule has 0 unspecified atom stereocenters. The van der Waals surface area contributed by atoms with Gasteiger partial charge in [0.05, 0.1) is 4.47 Å². The van der Waals surface area contributed by atoms with E-state index in [9.17, 15) is 8.78 Å². The number of hydrogen-bond donors (Lipinski definition) is 0. The van der Waals surface area contributed by atoms with Gasteiger partial charge >= 0.3 is 0 Å². The zero-order valence-electron chi connectivity index (χ0n) is 12.1. The number of benzene rings is 3. The molecule has 0 bridgehead atoms. The minimum Gasteiger partial charge on any atom is -0.489 e. The molecule has 4 heteroatoms. The molecular formula is C19H13BrF2O. The molecule has 0 spiro atoms. The molecular weight excluding hydrogens is 362 g/mol. The highest BCUT2D eigenvalue weighted by atomic mass is 79.9. The van der Waals surface area contributed by atoms with Crippen LogP contribution in [-0.2, 0) is 6.61 Å². The Labute approximate surface area is 141 Å². The average molecular weight is 375 g/mol. The molecule has 0 N–H and O–H groups in total. The fraction of sp³-hybridized carbons (Fsp3) is 0.0526. The molecule has 0 saturated heterocycles. The minimum atomic E-state index is -0.447. The predicted octanol–water partition coefficient (Wildman–Crippen LogP) is 5.97. The first-order valence-electron chi connectivity index (χ1n) is 7.05. The van der Waals surface area contributed by atoms with Crippen molar-refractivity contribution in [1.82, 2.24) is 0 Å². The monoisotopic (exact) mass is 374 g/mol. The van der Waals surface area contributed by atoms with Crippen molar-refractivity contribution in [2.24, 2.45) is 0 Å². The molecule has 0 aliphatic rings. The highest BCUT2D eigenvalue weighted by Crippen LogP contribution is 2.29. The van der Waals surface area contributed by atoms with Gasteiger partial charge in [0.25, 0.3) is 0 Å². The van der Waals surface area contributed by atoms with E-state index in [1.165, 1.54) is 12.1 Å². The van der Waals surface area contributed by atoms with Crippen LogP contribution in [0.1, 0.15) is 5.56 Å². The van der Waals surface area contributed by atoms with Gasteiger partial charge in [0.15, 0.2) is 0 Å². The van der Waals surface area contributed by atoms with Crippen LogP contribution >= 0.6 is 15.9 Å². The zero-order valence-corrected chi connectivity index (χ0v) is 13.7. The Kier molecular flexibility index (Phi) is 4.72. The lowest BCUT2D eigenvalue weighted by molar-refractivity contribution is 0.304. The third kappa shape index (κ3) is 3.77. The van der Waals surface area contributed by atoms with Gasteiger partial charge in [0, 0.05) is 11.6 Å². The summed E-state index contributed by atoms with van der Waals surface area (Å²) in [6.45, 7) is 0.368. The van der Waals surface area contributed by atoms with Crippen molar-refractivity contribution in [2.75, 3.05) is 0 Å². The third-order valence-corrected chi connectivity index (χ3v) is 4.06. The fourth-order valence-electron chi connectivity index (χ4n) is 2.22. The maximum absolute atomic E-state index is 14.3. The first-order valence-corrected chi connectivity index (χ1v) is 7.84. The van der Waals surface area contributed by atoms with E-state index in [1.807, 2.05) is 30.3 Å². The highest BCUT2D eigenvalue weighted by molar-refractivity contribution is 9.10.